The third-order valence-electron chi connectivity index (χ3n) is 3.60. The average molecular weight is 365 g/mol. The Balaban J connectivity index is 1.84. The first kappa shape index (κ1) is 17.5. The number of rotatable bonds is 5. The molecular formula is C19H15N3O3S. The SMILES string of the molecule is COc1ccc(/C=C(\C#N)C(=O)Nc2nc3ccccc3s2)cc1OC. The number of carbonyl (C=O) groups is 1. The number of nitriles is 1. The molecule has 130 valence electrons. The zero-order valence-electron chi connectivity index (χ0n) is 14.1. The van der Waals surface area contributed by atoms with E-state index in [1.54, 1.807) is 25.3 Å². The monoisotopic (exact) mass is 365 g/mol. The maximum absolute atomic E-state index is 12.4. The van der Waals surface area contributed by atoms with Gasteiger partial charge in [-0.25, -0.2) is 4.98 Å². The van der Waals surface area contributed by atoms with Crippen molar-refractivity contribution in [2.45, 2.75) is 0 Å². The summed E-state index contributed by atoms with van der Waals surface area (Å²) in [6.07, 6.45) is 1.49. The second-order valence-corrected chi connectivity index (χ2v) is 6.26. The molecule has 6 nitrogen and oxygen atoms in total. The fourth-order valence-electron chi connectivity index (χ4n) is 2.35. The number of amides is 1. The summed E-state index contributed by atoms with van der Waals surface area (Å²) < 4.78 is 11.4. The normalized spacial score (nSPS) is 11.0. The van der Waals surface area contributed by atoms with Crippen LogP contribution in [0.4, 0.5) is 5.13 Å². The van der Waals surface area contributed by atoms with Gasteiger partial charge in [-0.2, -0.15) is 5.26 Å². The fourth-order valence-corrected chi connectivity index (χ4v) is 3.21. The Kier molecular flexibility index (Phi) is 5.15. The van der Waals surface area contributed by atoms with Gasteiger partial charge in [-0.1, -0.05) is 29.5 Å². The van der Waals surface area contributed by atoms with Gasteiger partial charge in [-0.3, -0.25) is 10.1 Å². The molecule has 1 heterocycles. The van der Waals surface area contributed by atoms with E-state index in [1.807, 2.05) is 30.3 Å². The summed E-state index contributed by atoms with van der Waals surface area (Å²) in [5.74, 6) is 0.577. The van der Waals surface area contributed by atoms with Crippen LogP contribution in [0.3, 0.4) is 0 Å². The highest BCUT2D eigenvalue weighted by Crippen LogP contribution is 2.29. The number of benzene rings is 2. The summed E-state index contributed by atoms with van der Waals surface area (Å²) in [5.41, 5.74) is 1.42. The molecule has 0 spiro atoms. The summed E-state index contributed by atoms with van der Waals surface area (Å²) >= 11 is 1.35. The molecule has 0 saturated heterocycles. The van der Waals surface area contributed by atoms with E-state index in [2.05, 4.69) is 10.3 Å². The van der Waals surface area contributed by atoms with E-state index in [-0.39, 0.29) is 5.57 Å². The van der Waals surface area contributed by atoms with Crippen LogP contribution in [0, 0.1) is 11.3 Å². The van der Waals surface area contributed by atoms with Crippen molar-refractivity contribution in [3.8, 4) is 17.6 Å². The van der Waals surface area contributed by atoms with Crippen molar-refractivity contribution in [2.24, 2.45) is 0 Å². The summed E-state index contributed by atoms with van der Waals surface area (Å²) in [5, 5.41) is 12.5. The zero-order chi connectivity index (χ0) is 18.5. The second kappa shape index (κ2) is 7.68. The van der Waals surface area contributed by atoms with Gasteiger partial charge >= 0.3 is 0 Å². The van der Waals surface area contributed by atoms with E-state index in [0.717, 1.165) is 10.2 Å². The van der Waals surface area contributed by atoms with Gasteiger partial charge in [0.05, 0.1) is 24.4 Å². The van der Waals surface area contributed by atoms with Crippen molar-refractivity contribution >= 4 is 38.7 Å². The van der Waals surface area contributed by atoms with Gasteiger partial charge in [0.2, 0.25) is 0 Å². The summed E-state index contributed by atoms with van der Waals surface area (Å²) in [6.45, 7) is 0. The summed E-state index contributed by atoms with van der Waals surface area (Å²) in [4.78, 5) is 16.8. The number of hydrogen-bond acceptors (Lipinski definition) is 6. The van der Waals surface area contributed by atoms with Gasteiger partial charge in [0.25, 0.3) is 5.91 Å². The van der Waals surface area contributed by atoms with Crippen molar-refractivity contribution in [1.29, 1.82) is 5.26 Å². The predicted molar refractivity (Wildman–Crippen MR) is 101 cm³/mol. The van der Waals surface area contributed by atoms with Crippen LogP contribution in [0.5, 0.6) is 11.5 Å². The quantitative estimate of drug-likeness (QED) is 0.548. The molecule has 0 atom stereocenters. The Morgan fingerprint density at radius 2 is 1.96 bits per heavy atom. The molecule has 0 radical (unpaired) electrons. The van der Waals surface area contributed by atoms with Gasteiger partial charge in [0.15, 0.2) is 16.6 Å². The number of nitrogens with one attached hydrogen (secondary N) is 1. The molecule has 0 fully saturated rings. The molecule has 0 aliphatic carbocycles. The maximum atomic E-state index is 12.4. The van der Waals surface area contributed by atoms with Crippen LogP contribution in [-0.4, -0.2) is 25.1 Å². The summed E-state index contributed by atoms with van der Waals surface area (Å²) in [7, 11) is 3.07. The standard InChI is InChI=1S/C19H15N3O3S/c1-24-15-8-7-12(10-16(15)25-2)9-13(11-20)18(23)22-19-21-14-5-3-4-6-17(14)26-19/h3-10H,1-2H3,(H,21,22,23)/b13-9+. The number of carbonyl (C=O) groups excluding carboxylic acids is 1. The number of anilines is 1. The Labute approximate surface area is 154 Å². The number of thiazole rings is 1. The largest absolute Gasteiger partial charge is 0.493 e. The number of methoxy groups -OCH3 is 2. The van der Waals surface area contributed by atoms with Crippen molar-refractivity contribution < 1.29 is 14.3 Å². The molecule has 1 aromatic heterocycles. The Morgan fingerprint density at radius 3 is 2.65 bits per heavy atom. The van der Waals surface area contributed by atoms with Gasteiger partial charge in [-0.05, 0) is 35.9 Å². The van der Waals surface area contributed by atoms with Crippen LogP contribution in [0.15, 0.2) is 48.0 Å². The van der Waals surface area contributed by atoms with Crippen LogP contribution in [0.2, 0.25) is 0 Å². The van der Waals surface area contributed by atoms with Crippen molar-refractivity contribution in [2.75, 3.05) is 19.5 Å². The molecule has 0 unspecified atom stereocenters. The van der Waals surface area contributed by atoms with Gasteiger partial charge in [0, 0.05) is 0 Å². The lowest BCUT2D eigenvalue weighted by Gasteiger charge is -2.08. The van der Waals surface area contributed by atoms with Crippen molar-refractivity contribution in [1.82, 2.24) is 4.98 Å². The number of aromatic nitrogens is 1. The van der Waals surface area contributed by atoms with Gasteiger partial charge in [-0.15, -0.1) is 0 Å². The van der Waals surface area contributed by atoms with E-state index < -0.39 is 5.91 Å². The van der Waals surface area contributed by atoms with Crippen LogP contribution < -0.4 is 14.8 Å². The van der Waals surface area contributed by atoms with E-state index in [9.17, 15) is 10.1 Å². The lowest BCUT2D eigenvalue weighted by molar-refractivity contribution is -0.112. The molecular weight excluding hydrogens is 350 g/mol. The number of ether oxygens (including phenoxy) is 2. The molecule has 0 aliphatic heterocycles. The smallest absolute Gasteiger partial charge is 0.268 e. The minimum absolute atomic E-state index is 0.0310. The highest BCUT2D eigenvalue weighted by Gasteiger charge is 2.13. The van der Waals surface area contributed by atoms with Gasteiger partial charge in [0.1, 0.15) is 11.6 Å². The Hall–Kier alpha value is -3.37. The topological polar surface area (TPSA) is 84.2 Å². The first-order chi connectivity index (χ1) is 12.6. The van der Waals surface area contributed by atoms with E-state index >= 15 is 0 Å². The molecule has 1 amide bonds. The number of fused-ring (bicyclic) bond motifs is 1. The molecule has 3 aromatic rings. The predicted octanol–water partition coefficient (Wildman–Crippen LogP) is 3.86. The maximum Gasteiger partial charge on any atom is 0.268 e. The first-order valence-corrected chi connectivity index (χ1v) is 8.47. The Morgan fingerprint density at radius 1 is 1.19 bits per heavy atom. The highest BCUT2D eigenvalue weighted by molar-refractivity contribution is 7.22. The van der Waals surface area contributed by atoms with Crippen molar-refractivity contribution in [3.63, 3.8) is 0 Å². The van der Waals surface area contributed by atoms with E-state index in [1.165, 1.54) is 24.5 Å². The number of hydrogen-bond donors (Lipinski definition) is 1. The molecule has 0 saturated carbocycles. The van der Waals surface area contributed by atoms with Crippen LogP contribution >= 0.6 is 11.3 Å². The molecule has 0 aliphatic rings. The Bertz CT molecular complexity index is 1000. The molecule has 2 aromatic carbocycles. The van der Waals surface area contributed by atoms with E-state index in [0.29, 0.717) is 22.2 Å². The first-order valence-electron chi connectivity index (χ1n) is 7.65. The minimum atomic E-state index is -0.513. The van der Waals surface area contributed by atoms with Crippen LogP contribution in [-0.2, 0) is 4.79 Å². The van der Waals surface area contributed by atoms with Crippen LogP contribution in [0.25, 0.3) is 16.3 Å². The third kappa shape index (κ3) is 3.66. The van der Waals surface area contributed by atoms with E-state index in [4.69, 9.17) is 9.47 Å². The third-order valence-corrected chi connectivity index (χ3v) is 4.55. The lowest BCUT2D eigenvalue weighted by atomic mass is 10.1. The number of nitrogens with zero attached hydrogens (tertiary/aromatic N) is 2. The van der Waals surface area contributed by atoms with Crippen molar-refractivity contribution in [3.05, 3.63) is 53.6 Å². The number of para-hydroxylation sites is 1. The van der Waals surface area contributed by atoms with Gasteiger partial charge < -0.3 is 9.47 Å². The average Bonchev–Trinajstić information content (AvgIpc) is 3.07. The molecule has 7 heteroatoms. The molecule has 3 rings (SSSR count). The molecule has 26 heavy (non-hydrogen) atoms. The molecule has 1 N–H and O–H groups in total. The summed E-state index contributed by atoms with van der Waals surface area (Å²) in [6, 6.07) is 14.7. The lowest BCUT2D eigenvalue weighted by Crippen LogP contribution is -2.13. The zero-order valence-corrected chi connectivity index (χ0v) is 15.0. The minimum Gasteiger partial charge on any atom is -0.493 e. The molecule has 0 bridgehead atoms. The highest BCUT2D eigenvalue weighted by atomic mass is 32.1. The second-order valence-electron chi connectivity index (χ2n) is 5.23. The van der Waals surface area contributed by atoms with Crippen LogP contribution in [0.1, 0.15) is 5.56 Å². The fraction of sp³-hybridized carbons (Fsp3) is 0.105.